The van der Waals surface area contributed by atoms with E-state index in [1.54, 1.807) is 29.2 Å². The first-order valence-corrected chi connectivity index (χ1v) is 8.04. The van der Waals surface area contributed by atoms with Gasteiger partial charge in [-0.2, -0.15) is 0 Å². The molecule has 2 amide bonds. The van der Waals surface area contributed by atoms with Gasteiger partial charge in [0.2, 0.25) is 11.8 Å². The van der Waals surface area contributed by atoms with Crippen molar-refractivity contribution in [2.24, 2.45) is 4.99 Å². The standard InChI is InChI=1S/C15H15N3O4S/c19-12(8-11-14(22)18-6-5-16-15(18)23-11)17-10-3-1-9(2-4-10)7-13(20)21/h1-4,11H,5-8H2,(H,17,19)(H,20,21). The molecular formula is C15H15N3O4S. The summed E-state index contributed by atoms with van der Waals surface area (Å²) in [4.78, 5) is 40.7. The van der Waals surface area contributed by atoms with Crippen LogP contribution in [0.2, 0.25) is 0 Å². The number of hydrogen-bond donors (Lipinski definition) is 2. The number of nitrogens with one attached hydrogen (secondary N) is 1. The Hall–Kier alpha value is -2.35. The van der Waals surface area contributed by atoms with E-state index in [2.05, 4.69) is 10.3 Å². The van der Waals surface area contributed by atoms with Gasteiger partial charge in [-0.3, -0.25) is 24.3 Å². The Morgan fingerprint density at radius 1 is 1.35 bits per heavy atom. The molecule has 0 saturated carbocycles. The Labute approximate surface area is 136 Å². The number of aliphatic carboxylic acids is 1. The van der Waals surface area contributed by atoms with Gasteiger partial charge >= 0.3 is 5.97 Å². The zero-order valence-corrected chi connectivity index (χ0v) is 13.0. The third-order valence-corrected chi connectivity index (χ3v) is 4.77. The summed E-state index contributed by atoms with van der Waals surface area (Å²) >= 11 is 1.34. The molecule has 1 fully saturated rings. The zero-order chi connectivity index (χ0) is 16.4. The summed E-state index contributed by atoms with van der Waals surface area (Å²) in [7, 11) is 0. The van der Waals surface area contributed by atoms with Crippen molar-refractivity contribution in [2.45, 2.75) is 18.1 Å². The van der Waals surface area contributed by atoms with Gasteiger partial charge in [-0.25, -0.2) is 0 Å². The van der Waals surface area contributed by atoms with Crippen molar-refractivity contribution in [3.05, 3.63) is 29.8 Å². The van der Waals surface area contributed by atoms with Crippen LogP contribution in [0.25, 0.3) is 0 Å². The molecule has 2 aliphatic heterocycles. The Kier molecular flexibility index (Phi) is 4.33. The first-order valence-electron chi connectivity index (χ1n) is 7.16. The number of hydrogen-bond acceptors (Lipinski definition) is 5. The molecule has 8 heteroatoms. The molecule has 0 radical (unpaired) electrons. The SMILES string of the molecule is O=C(O)Cc1ccc(NC(=O)CC2SC3=NCCN3C2=O)cc1. The Morgan fingerprint density at radius 3 is 2.74 bits per heavy atom. The second kappa shape index (κ2) is 6.41. The summed E-state index contributed by atoms with van der Waals surface area (Å²) in [5, 5.41) is 11.7. The fraction of sp³-hybridized carbons (Fsp3) is 0.333. The van der Waals surface area contributed by atoms with E-state index in [0.29, 0.717) is 29.5 Å². The molecule has 0 aromatic heterocycles. The predicted molar refractivity (Wildman–Crippen MR) is 86.4 cm³/mol. The summed E-state index contributed by atoms with van der Waals surface area (Å²) in [5.41, 5.74) is 1.24. The number of anilines is 1. The van der Waals surface area contributed by atoms with E-state index in [0.717, 1.165) is 0 Å². The highest BCUT2D eigenvalue weighted by atomic mass is 32.2. The lowest BCUT2D eigenvalue weighted by Crippen LogP contribution is -2.32. The number of carbonyl (C=O) groups excluding carboxylic acids is 2. The molecule has 2 N–H and O–H groups in total. The van der Waals surface area contributed by atoms with Crippen molar-refractivity contribution in [3.8, 4) is 0 Å². The second-order valence-electron chi connectivity index (χ2n) is 5.28. The molecule has 2 aliphatic rings. The molecule has 1 unspecified atom stereocenters. The van der Waals surface area contributed by atoms with E-state index in [-0.39, 0.29) is 24.7 Å². The molecule has 1 atom stereocenters. The van der Waals surface area contributed by atoms with Crippen molar-refractivity contribution in [3.63, 3.8) is 0 Å². The van der Waals surface area contributed by atoms with Crippen molar-refractivity contribution in [1.29, 1.82) is 0 Å². The second-order valence-corrected chi connectivity index (χ2v) is 6.45. The van der Waals surface area contributed by atoms with Crippen LogP contribution >= 0.6 is 11.8 Å². The monoisotopic (exact) mass is 333 g/mol. The van der Waals surface area contributed by atoms with E-state index >= 15 is 0 Å². The Bertz CT molecular complexity index is 686. The number of carbonyl (C=O) groups is 3. The van der Waals surface area contributed by atoms with Crippen LogP contribution in [0.5, 0.6) is 0 Å². The molecule has 1 aromatic carbocycles. The summed E-state index contributed by atoms with van der Waals surface area (Å²) in [6.07, 6.45) is 0.0370. The summed E-state index contributed by atoms with van der Waals surface area (Å²) < 4.78 is 0. The van der Waals surface area contributed by atoms with Crippen LogP contribution in [0.1, 0.15) is 12.0 Å². The largest absolute Gasteiger partial charge is 0.481 e. The van der Waals surface area contributed by atoms with Crippen LogP contribution in [0.15, 0.2) is 29.3 Å². The fourth-order valence-electron chi connectivity index (χ4n) is 2.47. The highest BCUT2D eigenvalue weighted by Gasteiger charge is 2.40. The fourth-order valence-corrected chi connectivity index (χ4v) is 3.66. The van der Waals surface area contributed by atoms with Gasteiger partial charge in [0, 0.05) is 18.7 Å². The summed E-state index contributed by atoms with van der Waals surface area (Å²) in [6, 6.07) is 6.62. The number of amidine groups is 1. The average Bonchev–Trinajstić information content (AvgIpc) is 3.05. The highest BCUT2D eigenvalue weighted by molar-refractivity contribution is 8.15. The van der Waals surface area contributed by atoms with Gasteiger partial charge in [0.25, 0.3) is 0 Å². The minimum Gasteiger partial charge on any atom is -0.481 e. The molecule has 1 saturated heterocycles. The van der Waals surface area contributed by atoms with Crippen LogP contribution < -0.4 is 5.32 Å². The number of nitrogens with zero attached hydrogens (tertiary/aromatic N) is 2. The highest BCUT2D eigenvalue weighted by Crippen LogP contribution is 2.31. The quantitative estimate of drug-likeness (QED) is 0.836. The number of fused-ring (bicyclic) bond motifs is 1. The van der Waals surface area contributed by atoms with E-state index in [9.17, 15) is 14.4 Å². The van der Waals surface area contributed by atoms with Crippen molar-refractivity contribution >= 4 is 40.4 Å². The predicted octanol–water partition coefficient (Wildman–Crippen LogP) is 0.956. The van der Waals surface area contributed by atoms with Crippen molar-refractivity contribution in [2.75, 3.05) is 18.4 Å². The van der Waals surface area contributed by atoms with Gasteiger partial charge in [0.1, 0.15) is 5.25 Å². The maximum absolute atomic E-state index is 12.1. The maximum Gasteiger partial charge on any atom is 0.307 e. The molecule has 0 bridgehead atoms. The first kappa shape index (κ1) is 15.5. The van der Waals surface area contributed by atoms with Crippen LogP contribution in [-0.4, -0.2) is 51.3 Å². The van der Waals surface area contributed by atoms with Crippen molar-refractivity contribution < 1.29 is 19.5 Å². The number of thioether (sulfide) groups is 1. The molecule has 7 nitrogen and oxygen atoms in total. The third-order valence-electron chi connectivity index (χ3n) is 3.55. The number of rotatable bonds is 5. The normalized spacial score (nSPS) is 19.5. The molecule has 1 aromatic rings. The third kappa shape index (κ3) is 3.53. The van der Waals surface area contributed by atoms with Gasteiger partial charge < -0.3 is 10.4 Å². The van der Waals surface area contributed by atoms with E-state index in [1.807, 2.05) is 0 Å². The number of benzene rings is 1. The molecule has 2 heterocycles. The Balaban J connectivity index is 1.55. The number of amides is 2. The van der Waals surface area contributed by atoms with Crippen LogP contribution in [-0.2, 0) is 20.8 Å². The van der Waals surface area contributed by atoms with E-state index in [1.165, 1.54) is 11.8 Å². The lowest BCUT2D eigenvalue weighted by atomic mass is 10.1. The summed E-state index contributed by atoms with van der Waals surface area (Å²) in [6.45, 7) is 1.24. The average molecular weight is 333 g/mol. The van der Waals surface area contributed by atoms with Gasteiger partial charge in [-0.1, -0.05) is 23.9 Å². The van der Waals surface area contributed by atoms with Crippen molar-refractivity contribution in [1.82, 2.24) is 4.90 Å². The van der Waals surface area contributed by atoms with Gasteiger partial charge in [-0.15, -0.1) is 0 Å². The topological polar surface area (TPSA) is 99.1 Å². The number of carboxylic acids is 1. The van der Waals surface area contributed by atoms with Crippen LogP contribution in [0.4, 0.5) is 5.69 Å². The van der Waals surface area contributed by atoms with Gasteiger partial charge in [-0.05, 0) is 17.7 Å². The molecule has 23 heavy (non-hydrogen) atoms. The zero-order valence-electron chi connectivity index (χ0n) is 12.2. The van der Waals surface area contributed by atoms with Crippen LogP contribution in [0.3, 0.4) is 0 Å². The molecular weight excluding hydrogens is 318 g/mol. The molecule has 3 rings (SSSR count). The van der Waals surface area contributed by atoms with E-state index < -0.39 is 11.2 Å². The smallest absolute Gasteiger partial charge is 0.307 e. The van der Waals surface area contributed by atoms with E-state index in [4.69, 9.17) is 5.11 Å². The summed E-state index contributed by atoms with van der Waals surface area (Å²) in [5.74, 6) is -1.20. The molecule has 0 aliphatic carbocycles. The molecule has 0 spiro atoms. The van der Waals surface area contributed by atoms with Crippen LogP contribution in [0, 0.1) is 0 Å². The number of carboxylic acid groups (broad SMARTS) is 1. The number of aliphatic imine (C=N–C) groups is 1. The van der Waals surface area contributed by atoms with Gasteiger partial charge in [0.05, 0.1) is 13.0 Å². The first-order chi connectivity index (χ1) is 11.0. The minimum atomic E-state index is -0.901. The minimum absolute atomic E-state index is 0.0562. The van der Waals surface area contributed by atoms with Gasteiger partial charge in [0.15, 0.2) is 5.17 Å². The lowest BCUT2D eigenvalue weighted by molar-refractivity contribution is -0.136. The lowest BCUT2D eigenvalue weighted by Gasteiger charge is -2.10. The maximum atomic E-state index is 12.1. The Morgan fingerprint density at radius 2 is 2.09 bits per heavy atom. The molecule has 120 valence electrons.